The van der Waals surface area contributed by atoms with Gasteiger partial charge in [0, 0.05) is 24.9 Å². The van der Waals surface area contributed by atoms with E-state index in [0.717, 1.165) is 42.2 Å². The van der Waals surface area contributed by atoms with Gasteiger partial charge in [0.2, 0.25) is 11.8 Å². The van der Waals surface area contributed by atoms with Crippen molar-refractivity contribution in [1.82, 2.24) is 15.2 Å². The van der Waals surface area contributed by atoms with Gasteiger partial charge in [-0.15, -0.1) is 11.3 Å². The quantitative estimate of drug-likeness (QED) is 0.828. The van der Waals surface area contributed by atoms with Crippen LogP contribution in [-0.2, 0) is 16.0 Å². The van der Waals surface area contributed by atoms with Gasteiger partial charge < -0.3 is 10.2 Å². The molecule has 1 aliphatic heterocycles. The van der Waals surface area contributed by atoms with Gasteiger partial charge in [-0.2, -0.15) is 0 Å². The first-order chi connectivity index (χ1) is 13.0. The Kier molecular flexibility index (Phi) is 6.61. The number of hydrogen-bond acceptors (Lipinski definition) is 4. The van der Waals surface area contributed by atoms with E-state index in [1.54, 1.807) is 11.3 Å². The normalized spacial score (nSPS) is 16.1. The molecule has 1 fully saturated rings. The molecule has 1 aromatic carbocycles. The predicted octanol–water partition coefficient (Wildman–Crippen LogP) is 3.50. The molecule has 2 amide bonds. The SMILES string of the molecule is Cc1nc(CC(=O)N2CCC(CC(=O)N[C@@H](C)c3ccccc3)CC2)cs1. The van der Waals surface area contributed by atoms with E-state index in [4.69, 9.17) is 0 Å². The Labute approximate surface area is 164 Å². The van der Waals surface area contributed by atoms with Gasteiger partial charge in [0.1, 0.15) is 0 Å². The van der Waals surface area contributed by atoms with Crippen LogP contribution in [0.2, 0.25) is 0 Å². The molecule has 3 rings (SSSR count). The highest BCUT2D eigenvalue weighted by Crippen LogP contribution is 2.22. The van der Waals surface area contributed by atoms with Crippen molar-refractivity contribution in [2.24, 2.45) is 5.92 Å². The predicted molar refractivity (Wildman–Crippen MR) is 107 cm³/mol. The molecule has 1 aromatic heterocycles. The molecule has 1 saturated heterocycles. The van der Waals surface area contributed by atoms with Crippen LogP contribution in [0.25, 0.3) is 0 Å². The minimum Gasteiger partial charge on any atom is -0.350 e. The third kappa shape index (κ3) is 5.63. The number of nitrogens with one attached hydrogen (secondary N) is 1. The van der Waals surface area contributed by atoms with Crippen molar-refractivity contribution in [3.05, 3.63) is 52.0 Å². The van der Waals surface area contributed by atoms with Crippen LogP contribution in [0.5, 0.6) is 0 Å². The molecule has 2 heterocycles. The summed E-state index contributed by atoms with van der Waals surface area (Å²) in [5.41, 5.74) is 1.97. The number of rotatable bonds is 6. The number of benzene rings is 1. The third-order valence-corrected chi connectivity index (χ3v) is 5.94. The molecule has 6 heteroatoms. The maximum atomic E-state index is 12.4. The monoisotopic (exact) mass is 385 g/mol. The van der Waals surface area contributed by atoms with E-state index in [1.807, 2.05) is 54.5 Å². The second kappa shape index (κ2) is 9.13. The molecule has 1 aliphatic rings. The molecule has 0 aliphatic carbocycles. The molecule has 0 spiro atoms. The Hall–Kier alpha value is -2.21. The van der Waals surface area contributed by atoms with Gasteiger partial charge >= 0.3 is 0 Å². The lowest BCUT2D eigenvalue weighted by Gasteiger charge is -2.32. The number of nitrogens with zero attached hydrogens (tertiary/aromatic N) is 2. The number of piperidine rings is 1. The topological polar surface area (TPSA) is 62.3 Å². The number of hydrogen-bond donors (Lipinski definition) is 1. The average Bonchev–Trinajstić information content (AvgIpc) is 3.07. The summed E-state index contributed by atoms with van der Waals surface area (Å²) < 4.78 is 0. The summed E-state index contributed by atoms with van der Waals surface area (Å²) in [5.74, 6) is 0.577. The fourth-order valence-electron chi connectivity index (χ4n) is 3.53. The summed E-state index contributed by atoms with van der Waals surface area (Å²) in [6, 6.07) is 10.0. The van der Waals surface area contributed by atoms with Gasteiger partial charge in [-0.05, 0) is 38.2 Å². The van der Waals surface area contributed by atoms with Gasteiger partial charge in [-0.25, -0.2) is 4.98 Å². The number of aromatic nitrogens is 1. The lowest BCUT2D eigenvalue weighted by molar-refractivity contribution is -0.132. The second-order valence-electron chi connectivity index (χ2n) is 7.26. The molecule has 2 aromatic rings. The van der Waals surface area contributed by atoms with Gasteiger partial charge in [0.05, 0.1) is 23.2 Å². The van der Waals surface area contributed by atoms with Crippen molar-refractivity contribution in [3.63, 3.8) is 0 Å². The maximum absolute atomic E-state index is 12.4. The Balaban J connectivity index is 1.41. The van der Waals surface area contributed by atoms with Crippen LogP contribution in [0.4, 0.5) is 0 Å². The van der Waals surface area contributed by atoms with Gasteiger partial charge in [0.25, 0.3) is 0 Å². The van der Waals surface area contributed by atoms with E-state index in [1.165, 1.54) is 0 Å². The van der Waals surface area contributed by atoms with Crippen LogP contribution in [0, 0.1) is 12.8 Å². The molecule has 27 heavy (non-hydrogen) atoms. The molecule has 1 atom stereocenters. The Bertz CT molecular complexity index is 767. The standard InChI is InChI=1S/C21H27N3O2S/c1-15(18-6-4-3-5-7-18)22-20(25)12-17-8-10-24(11-9-17)21(26)13-19-14-27-16(2)23-19/h3-7,14-15,17H,8-13H2,1-2H3,(H,22,25)/t15-/m0/s1. The number of carbonyl (C=O) groups excluding carboxylic acids is 2. The first-order valence-electron chi connectivity index (χ1n) is 9.54. The van der Waals surface area contributed by atoms with Gasteiger partial charge in [-0.3, -0.25) is 9.59 Å². The van der Waals surface area contributed by atoms with Crippen molar-refractivity contribution in [2.45, 2.75) is 45.6 Å². The molecular weight excluding hydrogens is 358 g/mol. The van der Waals surface area contributed by atoms with Crippen LogP contribution < -0.4 is 5.32 Å². The molecule has 1 N–H and O–H groups in total. The van der Waals surface area contributed by atoms with E-state index in [2.05, 4.69) is 10.3 Å². The Morgan fingerprint density at radius 3 is 2.59 bits per heavy atom. The first-order valence-corrected chi connectivity index (χ1v) is 10.4. The summed E-state index contributed by atoms with van der Waals surface area (Å²) in [6.45, 7) is 5.42. The van der Waals surface area contributed by atoms with Crippen LogP contribution >= 0.6 is 11.3 Å². The highest BCUT2D eigenvalue weighted by Gasteiger charge is 2.25. The average molecular weight is 386 g/mol. The Morgan fingerprint density at radius 1 is 1.26 bits per heavy atom. The smallest absolute Gasteiger partial charge is 0.228 e. The van der Waals surface area contributed by atoms with Crippen LogP contribution in [0.3, 0.4) is 0 Å². The van der Waals surface area contributed by atoms with Crippen LogP contribution in [0.15, 0.2) is 35.7 Å². The first kappa shape index (κ1) is 19.5. The van der Waals surface area contributed by atoms with Crippen LogP contribution in [-0.4, -0.2) is 34.8 Å². The molecular formula is C21H27N3O2S. The highest BCUT2D eigenvalue weighted by molar-refractivity contribution is 7.09. The number of aryl methyl sites for hydroxylation is 1. The summed E-state index contributed by atoms with van der Waals surface area (Å²) in [6.07, 6.45) is 2.68. The summed E-state index contributed by atoms with van der Waals surface area (Å²) >= 11 is 1.58. The summed E-state index contributed by atoms with van der Waals surface area (Å²) in [4.78, 5) is 31.1. The van der Waals surface area contributed by atoms with Crippen molar-refractivity contribution in [2.75, 3.05) is 13.1 Å². The lowest BCUT2D eigenvalue weighted by atomic mass is 9.92. The molecule has 144 valence electrons. The van der Waals surface area contributed by atoms with E-state index in [0.29, 0.717) is 18.8 Å². The summed E-state index contributed by atoms with van der Waals surface area (Å²) in [5, 5.41) is 6.04. The van der Waals surface area contributed by atoms with E-state index >= 15 is 0 Å². The number of carbonyl (C=O) groups is 2. The van der Waals surface area contributed by atoms with E-state index < -0.39 is 0 Å². The molecule has 5 nitrogen and oxygen atoms in total. The van der Waals surface area contributed by atoms with Crippen molar-refractivity contribution in [1.29, 1.82) is 0 Å². The zero-order valence-corrected chi connectivity index (χ0v) is 16.8. The van der Waals surface area contributed by atoms with Gasteiger partial charge in [-0.1, -0.05) is 30.3 Å². The zero-order chi connectivity index (χ0) is 19.2. The van der Waals surface area contributed by atoms with Crippen LogP contribution in [0.1, 0.15) is 48.5 Å². The molecule has 0 saturated carbocycles. The largest absolute Gasteiger partial charge is 0.350 e. The zero-order valence-electron chi connectivity index (χ0n) is 16.0. The maximum Gasteiger partial charge on any atom is 0.228 e. The molecule has 0 radical (unpaired) electrons. The Morgan fingerprint density at radius 2 is 1.96 bits per heavy atom. The molecule has 0 bridgehead atoms. The number of amides is 2. The van der Waals surface area contributed by atoms with Gasteiger partial charge in [0.15, 0.2) is 0 Å². The van der Waals surface area contributed by atoms with Crippen molar-refractivity contribution in [3.8, 4) is 0 Å². The molecule has 0 unspecified atom stereocenters. The third-order valence-electron chi connectivity index (χ3n) is 5.12. The van der Waals surface area contributed by atoms with Crippen molar-refractivity contribution >= 4 is 23.2 Å². The van der Waals surface area contributed by atoms with E-state index in [-0.39, 0.29) is 17.9 Å². The second-order valence-corrected chi connectivity index (χ2v) is 8.33. The minimum absolute atomic E-state index is 0.0157. The minimum atomic E-state index is 0.0157. The van der Waals surface area contributed by atoms with Crippen molar-refractivity contribution < 1.29 is 9.59 Å². The van der Waals surface area contributed by atoms with E-state index in [9.17, 15) is 9.59 Å². The fourth-order valence-corrected chi connectivity index (χ4v) is 4.14. The highest BCUT2D eigenvalue weighted by atomic mass is 32.1. The summed E-state index contributed by atoms with van der Waals surface area (Å²) in [7, 11) is 0. The lowest BCUT2D eigenvalue weighted by Crippen LogP contribution is -2.40. The number of thiazole rings is 1. The number of likely N-dealkylation sites (tertiary alicyclic amines) is 1. The fraction of sp³-hybridized carbons (Fsp3) is 0.476.